The number of likely N-dealkylation sites (N-methyl/N-ethyl adjacent to an activating group) is 1. The lowest BCUT2D eigenvalue weighted by atomic mass is 10.2. The zero-order valence-corrected chi connectivity index (χ0v) is 33.5. The van der Waals surface area contributed by atoms with E-state index in [2.05, 4.69) is 138 Å². The van der Waals surface area contributed by atoms with Gasteiger partial charge in [0.1, 0.15) is 0 Å². The van der Waals surface area contributed by atoms with Crippen LogP contribution in [0.4, 0.5) is 0 Å². The fraction of sp³-hybridized carbons (Fsp3) is 0.591. The minimum Gasteiger partial charge on any atom is -0.375 e. The second-order valence-corrected chi connectivity index (χ2v) is 13.1. The van der Waals surface area contributed by atoms with Crippen molar-refractivity contribution in [2.45, 2.75) is 93.3 Å². The van der Waals surface area contributed by atoms with Gasteiger partial charge >= 0.3 is 0 Å². The molecule has 1 aliphatic rings. The fourth-order valence-electron chi connectivity index (χ4n) is 6.22. The molecule has 1 aliphatic heterocycles. The van der Waals surface area contributed by atoms with Crippen molar-refractivity contribution in [3.8, 4) is 0 Å². The predicted octanol–water partition coefficient (Wildman–Crippen LogP) is 9.08. The van der Waals surface area contributed by atoms with Crippen molar-refractivity contribution in [3.63, 3.8) is 0 Å². The Balaban J connectivity index is -0.00000327. The Bertz CT molecular complexity index is 1160. The quantitative estimate of drug-likeness (QED) is 0.147. The van der Waals surface area contributed by atoms with Gasteiger partial charge in [0.15, 0.2) is 0 Å². The summed E-state index contributed by atoms with van der Waals surface area (Å²) in [5, 5.41) is 0. The molecule has 1 fully saturated rings. The normalized spacial score (nSPS) is 17.4. The van der Waals surface area contributed by atoms with E-state index in [4.69, 9.17) is 14.2 Å². The highest BCUT2D eigenvalue weighted by Crippen LogP contribution is 2.12. The maximum atomic E-state index is 6.26. The van der Waals surface area contributed by atoms with Crippen LogP contribution in [0, 0.1) is 0 Å². The highest BCUT2D eigenvalue weighted by molar-refractivity contribution is 5.14. The summed E-state index contributed by atoms with van der Waals surface area (Å²) in [4.78, 5) is 10.5. The van der Waals surface area contributed by atoms with E-state index >= 15 is 0 Å². The molecule has 7 nitrogen and oxygen atoms in total. The Kier molecular flexibility index (Phi) is 24.4. The van der Waals surface area contributed by atoms with Gasteiger partial charge in [-0.3, -0.25) is 14.7 Å². The number of rotatable bonds is 16. The van der Waals surface area contributed by atoms with Gasteiger partial charge in [0.2, 0.25) is 0 Å². The molecule has 3 unspecified atom stereocenters. The molecule has 1 saturated heterocycles. The zero-order chi connectivity index (χ0) is 37.1. The molecule has 4 rings (SSSR count). The highest BCUT2D eigenvalue weighted by atomic mass is 16.5. The third kappa shape index (κ3) is 18.1. The lowest BCUT2D eigenvalue weighted by molar-refractivity contribution is 0.0154. The first-order valence-electron chi connectivity index (χ1n) is 19.8. The van der Waals surface area contributed by atoms with Crippen molar-refractivity contribution in [2.75, 3.05) is 78.7 Å². The van der Waals surface area contributed by atoms with Gasteiger partial charge in [-0.2, -0.15) is 0 Å². The summed E-state index contributed by atoms with van der Waals surface area (Å²) in [5.74, 6) is 0. The molecule has 0 radical (unpaired) electrons. The van der Waals surface area contributed by atoms with Crippen LogP contribution >= 0.6 is 0 Å². The third-order valence-electron chi connectivity index (χ3n) is 9.48. The van der Waals surface area contributed by atoms with Gasteiger partial charge in [-0.15, -0.1) is 0 Å². The van der Waals surface area contributed by atoms with Crippen LogP contribution in [0.2, 0.25) is 0 Å². The van der Waals surface area contributed by atoms with E-state index in [-0.39, 0.29) is 5.71 Å². The SMILES string of the molecule is CC.CC.CCN1CCN(C(C)COCc2ccccc2)CCN(C(C)COCc2ccccc2)CCN(C(C)COCc2ccccc2)CC1.[HH].[HH].[HH].[HH]. The van der Waals surface area contributed by atoms with Gasteiger partial charge in [0.25, 0.3) is 0 Å². The molecule has 51 heavy (non-hydrogen) atoms. The summed E-state index contributed by atoms with van der Waals surface area (Å²) >= 11 is 0. The average molecular weight is 713 g/mol. The van der Waals surface area contributed by atoms with Gasteiger partial charge in [0.05, 0.1) is 39.6 Å². The number of hydrogen-bond acceptors (Lipinski definition) is 7. The molecule has 1 heterocycles. The van der Waals surface area contributed by atoms with Crippen LogP contribution in [0.5, 0.6) is 0 Å². The maximum absolute atomic E-state index is 6.26. The van der Waals surface area contributed by atoms with Crippen LogP contribution in [0.3, 0.4) is 0 Å². The van der Waals surface area contributed by atoms with E-state index in [1.807, 2.05) is 27.7 Å². The molecular weight excluding hydrogens is 633 g/mol. The fourth-order valence-corrected chi connectivity index (χ4v) is 6.22. The first-order valence-corrected chi connectivity index (χ1v) is 19.8. The van der Waals surface area contributed by atoms with Crippen LogP contribution in [0.25, 0.3) is 0 Å². The Hall–Kier alpha value is -2.62. The number of nitrogens with zero attached hydrogens (tertiary/aromatic N) is 4. The second kappa shape index (κ2) is 28.0. The Morgan fingerprint density at radius 1 is 0.451 bits per heavy atom. The van der Waals surface area contributed by atoms with Crippen LogP contribution in [-0.4, -0.2) is 116 Å². The zero-order valence-electron chi connectivity index (χ0n) is 33.5. The molecular formula is C44H80N4O3. The van der Waals surface area contributed by atoms with Gasteiger partial charge in [-0.1, -0.05) is 126 Å². The van der Waals surface area contributed by atoms with E-state index in [9.17, 15) is 0 Å². The van der Waals surface area contributed by atoms with Crippen molar-refractivity contribution in [1.29, 1.82) is 0 Å². The molecule has 3 aromatic rings. The Morgan fingerprint density at radius 3 is 0.961 bits per heavy atom. The third-order valence-corrected chi connectivity index (χ3v) is 9.48. The average Bonchev–Trinajstić information content (AvgIpc) is 3.18. The van der Waals surface area contributed by atoms with Crippen molar-refractivity contribution >= 4 is 0 Å². The smallest absolute Gasteiger partial charge is 0.0717 e. The van der Waals surface area contributed by atoms with Gasteiger partial charge in [0, 0.05) is 76.2 Å². The molecule has 0 aromatic heterocycles. The summed E-state index contributed by atoms with van der Waals surface area (Å²) in [6, 6.07) is 32.5. The van der Waals surface area contributed by atoms with Crippen LogP contribution in [-0.2, 0) is 34.0 Å². The molecule has 3 aromatic carbocycles. The van der Waals surface area contributed by atoms with Crippen LogP contribution < -0.4 is 0 Å². The predicted molar refractivity (Wildman–Crippen MR) is 225 cm³/mol. The van der Waals surface area contributed by atoms with Gasteiger partial charge < -0.3 is 19.1 Å². The Morgan fingerprint density at radius 2 is 0.706 bits per heavy atom. The second-order valence-electron chi connectivity index (χ2n) is 13.1. The number of benzene rings is 3. The molecule has 0 N–H and O–H groups in total. The van der Waals surface area contributed by atoms with E-state index in [0.717, 1.165) is 72.1 Å². The van der Waals surface area contributed by atoms with E-state index in [1.54, 1.807) is 0 Å². The first kappa shape index (κ1) is 44.5. The number of hydrogen-bond donors (Lipinski definition) is 0. The van der Waals surface area contributed by atoms with Crippen LogP contribution in [0.15, 0.2) is 91.0 Å². The van der Waals surface area contributed by atoms with Crippen molar-refractivity contribution in [2.24, 2.45) is 0 Å². The Labute approximate surface area is 318 Å². The summed E-state index contributed by atoms with van der Waals surface area (Å²) in [6.45, 7) is 30.6. The number of ether oxygens (including phenoxy) is 3. The minimum absolute atomic E-state index is 0. The molecule has 0 amide bonds. The largest absolute Gasteiger partial charge is 0.375 e. The van der Waals surface area contributed by atoms with Crippen molar-refractivity contribution in [3.05, 3.63) is 108 Å². The summed E-state index contributed by atoms with van der Waals surface area (Å²) < 4.78 is 18.7. The van der Waals surface area contributed by atoms with E-state index < -0.39 is 0 Å². The summed E-state index contributed by atoms with van der Waals surface area (Å²) in [7, 11) is 0. The topological polar surface area (TPSA) is 40.7 Å². The minimum atomic E-state index is 0. The first-order chi connectivity index (χ1) is 25.0. The van der Waals surface area contributed by atoms with E-state index in [0.29, 0.717) is 44.6 Å². The molecule has 7 heteroatoms. The van der Waals surface area contributed by atoms with Crippen molar-refractivity contribution < 1.29 is 19.9 Å². The summed E-state index contributed by atoms with van der Waals surface area (Å²) in [5.41, 5.74) is 3.68. The van der Waals surface area contributed by atoms with Crippen molar-refractivity contribution in [1.82, 2.24) is 19.6 Å². The van der Waals surface area contributed by atoms with Crippen LogP contribution in [0.1, 0.15) is 77.8 Å². The van der Waals surface area contributed by atoms with Gasteiger partial charge in [-0.05, 0) is 44.0 Å². The molecule has 0 aliphatic carbocycles. The molecule has 0 spiro atoms. The monoisotopic (exact) mass is 713 g/mol. The summed E-state index contributed by atoms with van der Waals surface area (Å²) in [6.07, 6.45) is 0. The molecule has 294 valence electrons. The molecule has 0 saturated carbocycles. The lowest BCUT2D eigenvalue weighted by Crippen LogP contribution is -2.52. The van der Waals surface area contributed by atoms with Gasteiger partial charge in [-0.25, -0.2) is 0 Å². The molecule has 0 bridgehead atoms. The van der Waals surface area contributed by atoms with E-state index in [1.165, 1.54) is 16.7 Å². The standard InChI is InChI=1S/C40H60N4O3.2C2H6.4H2/c1-5-41-21-23-42(35(2)29-45-32-38-15-9-6-10-16-38)25-27-44(37(4)31-47-34-40-19-13-8-14-20-40)28-26-43(24-22-41)36(3)30-46-33-39-17-11-7-12-18-39;2*1-2;;;;/h6-20,35-37H,5,21-34H2,1-4H3;2*1-2H3;4*1H. The molecule has 3 atom stereocenters. The maximum Gasteiger partial charge on any atom is 0.0717 e. The lowest BCUT2D eigenvalue weighted by Gasteiger charge is -2.39. The highest BCUT2D eigenvalue weighted by Gasteiger charge is 2.23.